The van der Waals surface area contributed by atoms with E-state index < -0.39 is 4.92 Å². The highest BCUT2D eigenvalue weighted by molar-refractivity contribution is 5.96. The molecule has 3 rings (SSSR count). The van der Waals surface area contributed by atoms with Gasteiger partial charge in [-0.3, -0.25) is 14.9 Å². The maximum atomic E-state index is 12.5. The molecule has 7 nitrogen and oxygen atoms in total. The van der Waals surface area contributed by atoms with Crippen LogP contribution in [0.4, 0.5) is 11.4 Å². The molecule has 1 saturated carbocycles. The molecule has 1 aromatic rings. The van der Waals surface area contributed by atoms with E-state index in [1.807, 2.05) is 0 Å². The Kier molecular flexibility index (Phi) is 5.43. The molecule has 23 heavy (non-hydrogen) atoms. The minimum Gasteiger partial charge on any atom is -0.377 e. The lowest BCUT2D eigenvalue weighted by Crippen LogP contribution is -2.45. The van der Waals surface area contributed by atoms with Crippen molar-refractivity contribution < 1.29 is 9.72 Å². The number of nitrogens with one attached hydrogen (secondary N) is 1. The average molecular weight is 341 g/mol. The first-order valence-corrected chi connectivity index (χ1v) is 7.64. The van der Waals surface area contributed by atoms with Gasteiger partial charge in [-0.1, -0.05) is 0 Å². The van der Waals surface area contributed by atoms with Crippen LogP contribution in [0.15, 0.2) is 18.2 Å². The predicted molar refractivity (Wildman–Crippen MR) is 90.1 cm³/mol. The summed E-state index contributed by atoms with van der Waals surface area (Å²) in [7, 11) is 0. The Hall–Kier alpha value is -1.86. The summed E-state index contributed by atoms with van der Waals surface area (Å²) in [6.07, 6.45) is 3.84. The molecule has 1 atom stereocenters. The molecule has 2 aliphatic rings. The van der Waals surface area contributed by atoms with Crippen LogP contribution in [0.5, 0.6) is 0 Å². The lowest BCUT2D eigenvalue weighted by atomic mass is 10.0. The molecule has 0 radical (unpaired) electrons. The molecule has 1 amide bonds. The van der Waals surface area contributed by atoms with Crippen molar-refractivity contribution in [2.45, 2.75) is 37.8 Å². The summed E-state index contributed by atoms with van der Waals surface area (Å²) in [6, 6.07) is 4.96. The average Bonchev–Trinajstić information content (AvgIpc) is 3.30. The standard InChI is InChI=1S/C15H20N4O3.ClH/c16-11-2-1-7-18(9-11)15(20)10-3-6-13(17-12-4-5-12)14(8-10)19(21)22;/h3,6,8,11-12,17H,1-2,4-5,7,9,16H2;1H. The number of benzene rings is 1. The molecule has 126 valence electrons. The number of halogens is 1. The third kappa shape index (κ3) is 4.11. The second-order valence-electron chi connectivity index (χ2n) is 6.06. The van der Waals surface area contributed by atoms with Gasteiger partial charge in [-0.05, 0) is 37.8 Å². The van der Waals surface area contributed by atoms with E-state index in [-0.39, 0.29) is 30.0 Å². The molecular formula is C15H21ClN4O3. The maximum absolute atomic E-state index is 12.5. The molecule has 1 aliphatic carbocycles. The van der Waals surface area contributed by atoms with Gasteiger partial charge in [-0.25, -0.2) is 0 Å². The minimum atomic E-state index is -0.441. The van der Waals surface area contributed by atoms with E-state index in [4.69, 9.17) is 5.73 Å². The van der Waals surface area contributed by atoms with Gasteiger partial charge in [0.25, 0.3) is 11.6 Å². The number of nitro benzene ring substituents is 1. The minimum absolute atomic E-state index is 0. The van der Waals surface area contributed by atoms with Crippen LogP contribution in [-0.4, -0.2) is 40.9 Å². The fourth-order valence-corrected chi connectivity index (χ4v) is 2.76. The predicted octanol–water partition coefficient (Wildman–Crippen LogP) is 2.15. The van der Waals surface area contributed by atoms with Crippen LogP contribution < -0.4 is 11.1 Å². The number of rotatable bonds is 4. The Morgan fingerprint density at radius 3 is 2.70 bits per heavy atom. The third-order valence-corrected chi connectivity index (χ3v) is 4.12. The van der Waals surface area contributed by atoms with Crippen molar-refractivity contribution in [1.82, 2.24) is 4.90 Å². The summed E-state index contributed by atoms with van der Waals surface area (Å²) in [6.45, 7) is 1.16. The molecule has 1 aromatic carbocycles. The van der Waals surface area contributed by atoms with Gasteiger partial charge in [0.1, 0.15) is 5.69 Å². The van der Waals surface area contributed by atoms with Gasteiger partial charge in [0.2, 0.25) is 0 Å². The van der Waals surface area contributed by atoms with Crippen molar-refractivity contribution in [3.05, 3.63) is 33.9 Å². The van der Waals surface area contributed by atoms with Crippen molar-refractivity contribution in [2.75, 3.05) is 18.4 Å². The first kappa shape index (κ1) is 17.5. The van der Waals surface area contributed by atoms with E-state index in [9.17, 15) is 14.9 Å². The number of carbonyl (C=O) groups is 1. The Morgan fingerprint density at radius 1 is 1.35 bits per heavy atom. The first-order valence-electron chi connectivity index (χ1n) is 7.64. The van der Waals surface area contributed by atoms with Gasteiger partial charge < -0.3 is 16.0 Å². The van der Waals surface area contributed by atoms with Crippen molar-refractivity contribution in [3.8, 4) is 0 Å². The molecule has 0 bridgehead atoms. The van der Waals surface area contributed by atoms with Gasteiger partial charge in [-0.2, -0.15) is 0 Å². The molecule has 0 aromatic heterocycles. The van der Waals surface area contributed by atoms with Crippen LogP contribution in [0.25, 0.3) is 0 Å². The van der Waals surface area contributed by atoms with Crippen LogP contribution in [-0.2, 0) is 0 Å². The summed E-state index contributed by atoms with van der Waals surface area (Å²) in [5, 5.41) is 14.4. The zero-order valence-corrected chi connectivity index (χ0v) is 13.6. The molecule has 2 fully saturated rings. The number of likely N-dealkylation sites (tertiary alicyclic amines) is 1. The number of amides is 1. The van der Waals surface area contributed by atoms with Gasteiger partial charge in [0.15, 0.2) is 0 Å². The van der Waals surface area contributed by atoms with Crippen LogP contribution in [0.2, 0.25) is 0 Å². The molecule has 1 aliphatic heterocycles. The Labute approximate surface area is 140 Å². The third-order valence-electron chi connectivity index (χ3n) is 4.12. The summed E-state index contributed by atoms with van der Waals surface area (Å²) in [5.74, 6) is -0.184. The highest BCUT2D eigenvalue weighted by Gasteiger charge is 2.27. The van der Waals surface area contributed by atoms with E-state index in [2.05, 4.69) is 5.32 Å². The monoisotopic (exact) mass is 340 g/mol. The molecule has 0 spiro atoms. The number of hydrogen-bond donors (Lipinski definition) is 2. The van der Waals surface area contributed by atoms with Crippen molar-refractivity contribution in [1.29, 1.82) is 0 Å². The lowest BCUT2D eigenvalue weighted by molar-refractivity contribution is -0.384. The summed E-state index contributed by atoms with van der Waals surface area (Å²) >= 11 is 0. The Bertz CT molecular complexity index is 606. The molecule has 3 N–H and O–H groups in total. The molecule has 1 unspecified atom stereocenters. The quantitative estimate of drug-likeness (QED) is 0.646. The maximum Gasteiger partial charge on any atom is 0.293 e. The van der Waals surface area contributed by atoms with Gasteiger partial charge >= 0.3 is 0 Å². The van der Waals surface area contributed by atoms with E-state index in [1.54, 1.807) is 17.0 Å². The highest BCUT2D eigenvalue weighted by Crippen LogP contribution is 2.32. The second-order valence-corrected chi connectivity index (χ2v) is 6.06. The molecule has 1 heterocycles. The number of nitrogens with zero attached hydrogens (tertiary/aromatic N) is 2. The van der Waals surface area contributed by atoms with Crippen LogP contribution in [0.1, 0.15) is 36.0 Å². The van der Waals surface area contributed by atoms with Crippen LogP contribution in [0, 0.1) is 10.1 Å². The van der Waals surface area contributed by atoms with Crippen molar-refractivity contribution in [3.63, 3.8) is 0 Å². The number of anilines is 1. The molecule has 8 heteroatoms. The topological polar surface area (TPSA) is 102 Å². The summed E-state index contributed by atoms with van der Waals surface area (Å²) in [5.41, 5.74) is 6.69. The van der Waals surface area contributed by atoms with Gasteiger partial charge in [0, 0.05) is 36.8 Å². The largest absolute Gasteiger partial charge is 0.377 e. The normalized spacial score (nSPS) is 20.6. The number of nitrogens with two attached hydrogens (primary N) is 1. The molecular weight excluding hydrogens is 320 g/mol. The molecule has 1 saturated heterocycles. The number of carbonyl (C=O) groups excluding carboxylic acids is 1. The van der Waals surface area contributed by atoms with Crippen molar-refractivity contribution in [2.24, 2.45) is 5.73 Å². The number of hydrogen-bond acceptors (Lipinski definition) is 5. The summed E-state index contributed by atoms with van der Waals surface area (Å²) in [4.78, 5) is 25.0. The lowest BCUT2D eigenvalue weighted by Gasteiger charge is -2.30. The fourth-order valence-electron chi connectivity index (χ4n) is 2.76. The summed E-state index contributed by atoms with van der Waals surface area (Å²) < 4.78 is 0. The van der Waals surface area contributed by atoms with E-state index in [0.717, 1.165) is 25.7 Å². The van der Waals surface area contributed by atoms with Gasteiger partial charge in [-0.15, -0.1) is 12.4 Å². The van der Waals surface area contributed by atoms with E-state index >= 15 is 0 Å². The number of nitro groups is 1. The van der Waals surface area contributed by atoms with Crippen LogP contribution >= 0.6 is 12.4 Å². The van der Waals surface area contributed by atoms with E-state index in [1.165, 1.54) is 6.07 Å². The smallest absolute Gasteiger partial charge is 0.293 e. The SMILES string of the molecule is Cl.NC1CCCN(C(=O)c2ccc(NC3CC3)c([N+](=O)[O-])c2)C1. The Balaban J connectivity index is 0.00000192. The van der Waals surface area contributed by atoms with Gasteiger partial charge in [0.05, 0.1) is 4.92 Å². The fraction of sp³-hybridized carbons (Fsp3) is 0.533. The number of piperidine rings is 1. The zero-order chi connectivity index (χ0) is 15.7. The van der Waals surface area contributed by atoms with Crippen molar-refractivity contribution >= 4 is 29.7 Å². The highest BCUT2D eigenvalue weighted by atomic mass is 35.5. The Morgan fingerprint density at radius 2 is 2.09 bits per heavy atom. The first-order chi connectivity index (χ1) is 10.5. The van der Waals surface area contributed by atoms with Crippen LogP contribution in [0.3, 0.4) is 0 Å². The second kappa shape index (κ2) is 7.14. The zero-order valence-electron chi connectivity index (χ0n) is 12.7. The van der Waals surface area contributed by atoms with E-state index in [0.29, 0.717) is 30.4 Å².